The quantitative estimate of drug-likeness (QED) is 0.646. The van der Waals surface area contributed by atoms with E-state index < -0.39 is 28.2 Å². The molecular formula is C19H24BNO8S. The van der Waals surface area contributed by atoms with E-state index in [1.165, 1.54) is 4.90 Å². The van der Waals surface area contributed by atoms with Crippen LogP contribution in [0.5, 0.6) is 11.5 Å². The minimum absolute atomic E-state index is 0.0139. The highest BCUT2D eigenvalue weighted by Crippen LogP contribution is 2.37. The van der Waals surface area contributed by atoms with Crippen LogP contribution in [0.2, 0.25) is 6.32 Å². The van der Waals surface area contributed by atoms with Crippen LogP contribution in [0.15, 0.2) is 12.1 Å². The van der Waals surface area contributed by atoms with Crippen LogP contribution < -0.4 is 9.39 Å². The fraction of sp³-hybridized carbons (Fsp3) is 0.579. The van der Waals surface area contributed by atoms with Crippen molar-refractivity contribution in [3.05, 3.63) is 23.3 Å². The highest BCUT2D eigenvalue weighted by Gasteiger charge is 2.38. The Morgan fingerprint density at radius 2 is 2.03 bits per heavy atom. The molecule has 3 aliphatic rings. The molecule has 9 nitrogen and oxygen atoms in total. The largest absolute Gasteiger partial charge is 0.535 e. The predicted octanol–water partition coefficient (Wildman–Crippen LogP) is 0.747. The molecule has 0 saturated carbocycles. The number of hydrogen-bond donors (Lipinski definition) is 2. The Bertz CT molecular complexity index is 960. The van der Waals surface area contributed by atoms with E-state index in [1.54, 1.807) is 12.1 Å². The van der Waals surface area contributed by atoms with Crippen molar-refractivity contribution in [3.63, 3.8) is 0 Å². The number of carboxylic acids is 1. The van der Waals surface area contributed by atoms with Gasteiger partial charge in [0.25, 0.3) is 0 Å². The van der Waals surface area contributed by atoms with Gasteiger partial charge in [0.15, 0.2) is 9.84 Å². The molecule has 0 bridgehead atoms. The van der Waals surface area contributed by atoms with Crippen LogP contribution in [0.25, 0.3) is 0 Å². The molecule has 1 atom stereocenters. The van der Waals surface area contributed by atoms with Crippen LogP contribution in [-0.4, -0.2) is 72.6 Å². The lowest BCUT2D eigenvalue weighted by Gasteiger charge is -2.40. The predicted molar refractivity (Wildman–Crippen MR) is 108 cm³/mol. The number of benzene rings is 1. The maximum atomic E-state index is 12.4. The fourth-order valence-corrected chi connectivity index (χ4v) is 6.05. The molecule has 0 aliphatic carbocycles. The van der Waals surface area contributed by atoms with E-state index in [0.29, 0.717) is 31.1 Å². The van der Waals surface area contributed by atoms with Crippen molar-refractivity contribution in [2.24, 2.45) is 0 Å². The number of fused-ring (bicyclic) bond motifs is 1. The molecular weight excluding hydrogens is 413 g/mol. The van der Waals surface area contributed by atoms with Crippen molar-refractivity contribution >= 4 is 28.8 Å². The smallest absolute Gasteiger partial charge is 0.522 e. The number of aryl methyl sites for hydroxylation is 1. The van der Waals surface area contributed by atoms with Crippen LogP contribution in [0.3, 0.4) is 0 Å². The number of carbonyl (C=O) groups is 2. The first-order valence-corrected chi connectivity index (χ1v) is 11.9. The summed E-state index contributed by atoms with van der Waals surface area (Å²) in [4.78, 5) is 25.8. The standard InChI is InChI=1S/C19H24BNO8S/c22-16(9-14-3-1-2-8-30(14,26)27)21-10-13(11-21)28-15-5-4-12-6-7-20(25)29-18(12)17(15)19(23)24/h4-5,13-14,25H,1-3,6-11H2,(H,23,24). The van der Waals surface area contributed by atoms with Crippen molar-refractivity contribution in [2.75, 3.05) is 18.8 Å². The van der Waals surface area contributed by atoms with Gasteiger partial charge in [0.05, 0.1) is 24.1 Å². The number of nitrogens with zero attached hydrogens (tertiary/aromatic N) is 1. The van der Waals surface area contributed by atoms with Gasteiger partial charge in [-0.1, -0.05) is 12.5 Å². The van der Waals surface area contributed by atoms with Gasteiger partial charge in [-0.3, -0.25) is 4.79 Å². The molecule has 0 spiro atoms. The average molecular weight is 437 g/mol. The van der Waals surface area contributed by atoms with Crippen molar-refractivity contribution in [2.45, 2.75) is 49.8 Å². The zero-order valence-electron chi connectivity index (χ0n) is 16.5. The molecule has 1 unspecified atom stereocenters. The SMILES string of the molecule is O=C(O)c1c(OC2CN(C(=O)CC3CCCCS3(=O)=O)C2)ccc2c1OB(O)CC2. The van der Waals surface area contributed by atoms with Gasteiger partial charge < -0.3 is 24.4 Å². The Kier molecular flexibility index (Phi) is 5.67. The summed E-state index contributed by atoms with van der Waals surface area (Å²) in [5, 5.41) is 18.7. The topological polar surface area (TPSA) is 130 Å². The third kappa shape index (κ3) is 4.13. The lowest BCUT2D eigenvalue weighted by atomic mass is 9.78. The Balaban J connectivity index is 1.39. The maximum Gasteiger partial charge on any atom is 0.522 e. The van der Waals surface area contributed by atoms with Crippen LogP contribution in [0, 0.1) is 0 Å². The number of aromatic carboxylic acids is 1. The summed E-state index contributed by atoms with van der Waals surface area (Å²) >= 11 is 0. The summed E-state index contributed by atoms with van der Waals surface area (Å²) in [5.74, 6) is -1.05. The molecule has 0 radical (unpaired) electrons. The van der Waals surface area contributed by atoms with Gasteiger partial charge in [-0.25, -0.2) is 13.2 Å². The van der Waals surface area contributed by atoms with E-state index in [9.17, 15) is 28.1 Å². The Morgan fingerprint density at radius 3 is 2.73 bits per heavy atom. The minimum atomic E-state index is -3.21. The number of sulfone groups is 1. The number of rotatable bonds is 5. The first-order valence-electron chi connectivity index (χ1n) is 10.1. The van der Waals surface area contributed by atoms with Crippen molar-refractivity contribution in [1.29, 1.82) is 0 Å². The fourth-order valence-electron chi connectivity index (χ4n) is 4.18. The first kappa shape index (κ1) is 21.0. The maximum absolute atomic E-state index is 12.4. The van der Waals surface area contributed by atoms with Gasteiger partial charge in [0, 0.05) is 6.42 Å². The minimum Gasteiger partial charge on any atom is -0.535 e. The zero-order chi connectivity index (χ0) is 21.5. The summed E-state index contributed by atoms with van der Waals surface area (Å²) < 4.78 is 35.4. The highest BCUT2D eigenvalue weighted by molar-refractivity contribution is 7.92. The van der Waals surface area contributed by atoms with Crippen molar-refractivity contribution < 1.29 is 37.5 Å². The number of carbonyl (C=O) groups excluding carboxylic acids is 1. The van der Waals surface area contributed by atoms with Crippen LogP contribution >= 0.6 is 0 Å². The van der Waals surface area contributed by atoms with Gasteiger partial charge in [-0.05, 0) is 37.2 Å². The number of likely N-dealkylation sites (tertiary alicyclic amines) is 1. The van der Waals surface area contributed by atoms with Gasteiger partial charge in [0.1, 0.15) is 23.2 Å². The molecule has 3 aliphatic heterocycles. The second-order valence-corrected chi connectivity index (χ2v) is 10.5. The van der Waals surface area contributed by atoms with Crippen LogP contribution in [0.4, 0.5) is 0 Å². The summed E-state index contributed by atoms with van der Waals surface area (Å²) in [6.45, 7) is 0.538. The van der Waals surface area contributed by atoms with E-state index in [1.807, 2.05) is 0 Å². The molecule has 162 valence electrons. The first-order chi connectivity index (χ1) is 14.2. The second-order valence-electron chi connectivity index (χ2n) is 8.07. The van der Waals surface area contributed by atoms with E-state index in [0.717, 1.165) is 6.42 Å². The molecule has 0 aromatic heterocycles. The number of ether oxygens (including phenoxy) is 1. The third-order valence-corrected chi connectivity index (χ3v) is 8.21. The number of carboxylic acid groups (broad SMARTS) is 1. The van der Waals surface area contributed by atoms with Crippen LogP contribution in [0.1, 0.15) is 41.6 Å². The van der Waals surface area contributed by atoms with E-state index in [4.69, 9.17) is 9.39 Å². The van der Waals surface area contributed by atoms with Gasteiger partial charge in [0.2, 0.25) is 5.91 Å². The van der Waals surface area contributed by atoms with Gasteiger partial charge in [-0.2, -0.15) is 0 Å². The molecule has 3 heterocycles. The van der Waals surface area contributed by atoms with Crippen LogP contribution in [-0.2, 0) is 21.1 Å². The van der Waals surface area contributed by atoms with Gasteiger partial charge in [-0.15, -0.1) is 0 Å². The molecule has 1 amide bonds. The Labute approximate surface area is 175 Å². The zero-order valence-corrected chi connectivity index (χ0v) is 17.3. The normalized spacial score (nSPS) is 23.2. The average Bonchev–Trinajstić information content (AvgIpc) is 2.65. The summed E-state index contributed by atoms with van der Waals surface area (Å²) in [7, 11) is -4.26. The molecule has 1 aromatic rings. The lowest BCUT2D eigenvalue weighted by molar-refractivity contribution is -0.140. The Morgan fingerprint density at radius 1 is 1.27 bits per heavy atom. The lowest BCUT2D eigenvalue weighted by Crippen LogP contribution is -2.57. The van der Waals surface area contributed by atoms with Crippen molar-refractivity contribution in [1.82, 2.24) is 4.90 Å². The van der Waals surface area contributed by atoms with E-state index in [2.05, 4.69) is 0 Å². The monoisotopic (exact) mass is 437 g/mol. The van der Waals surface area contributed by atoms with Gasteiger partial charge >= 0.3 is 13.1 Å². The molecule has 1 aromatic carbocycles. The molecule has 2 N–H and O–H groups in total. The molecule has 2 fully saturated rings. The number of hydrogen-bond acceptors (Lipinski definition) is 7. The number of amides is 1. The van der Waals surface area contributed by atoms with E-state index >= 15 is 0 Å². The molecule has 2 saturated heterocycles. The second kappa shape index (κ2) is 8.11. The Hall–Kier alpha value is -2.27. The van der Waals surface area contributed by atoms with Crippen molar-refractivity contribution in [3.8, 4) is 11.5 Å². The summed E-state index contributed by atoms with van der Waals surface area (Å²) in [6.07, 6.45) is 2.48. The highest BCUT2D eigenvalue weighted by atomic mass is 32.2. The molecule has 4 rings (SSSR count). The van der Waals surface area contributed by atoms with E-state index in [-0.39, 0.29) is 54.3 Å². The molecule has 30 heavy (non-hydrogen) atoms. The molecule has 11 heteroatoms. The third-order valence-electron chi connectivity index (χ3n) is 5.94. The summed E-state index contributed by atoms with van der Waals surface area (Å²) in [5.41, 5.74) is 0.563. The summed E-state index contributed by atoms with van der Waals surface area (Å²) in [6, 6.07) is 3.29.